The lowest BCUT2D eigenvalue weighted by Crippen LogP contribution is -2.37. The van der Waals surface area contributed by atoms with E-state index in [1.807, 2.05) is 0 Å². The molecule has 1 N–H and O–H groups in total. The Morgan fingerprint density at radius 1 is 1.21 bits per heavy atom. The van der Waals surface area contributed by atoms with Gasteiger partial charge in [-0.15, -0.1) is 0 Å². The van der Waals surface area contributed by atoms with Crippen molar-refractivity contribution in [3.63, 3.8) is 0 Å². The molecule has 0 spiro atoms. The Morgan fingerprint density at radius 2 is 2.11 bits per heavy atom. The summed E-state index contributed by atoms with van der Waals surface area (Å²) in [4.78, 5) is 0. The summed E-state index contributed by atoms with van der Waals surface area (Å²) in [6.07, 6.45) is 6.66. The standard InChI is InChI=1S/C17H25NO/c1-13-5-4-6-15(11-13)18-12-14-9-10-19-17-8-3-2-7-16(14)17/h2-3,7-8,13-15,18H,4-6,9-12H2,1H3. The smallest absolute Gasteiger partial charge is 0.122 e. The Kier molecular flexibility index (Phi) is 4.07. The summed E-state index contributed by atoms with van der Waals surface area (Å²) >= 11 is 0. The summed E-state index contributed by atoms with van der Waals surface area (Å²) in [5, 5.41) is 3.81. The maximum absolute atomic E-state index is 5.73. The number of hydrogen-bond acceptors (Lipinski definition) is 2. The highest BCUT2D eigenvalue weighted by Gasteiger charge is 2.23. The zero-order valence-electron chi connectivity index (χ0n) is 11.9. The normalized spacial score (nSPS) is 30.5. The molecule has 0 saturated heterocycles. The van der Waals surface area contributed by atoms with Crippen molar-refractivity contribution in [1.29, 1.82) is 0 Å². The first kappa shape index (κ1) is 13.0. The van der Waals surface area contributed by atoms with E-state index in [-0.39, 0.29) is 0 Å². The first-order chi connectivity index (χ1) is 9.33. The average Bonchev–Trinajstić information content (AvgIpc) is 2.45. The number of rotatable bonds is 3. The second-order valence-electron chi connectivity index (χ2n) is 6.25. The Morgan fingerprint density at radius 3 is 3.00 bits per heavy atom. The summed E-state index contributed by atoms with van der Waals surface area (Å²) < 4.78 is 5.73. The molecule has 1 aromatic rings. The molecular formula is C17H25NO. The Bertz CT molecular complexity index is 417. The molecule has 1 fully saturated rings. The van der Waals surface area contributed by atoms with Crippen LogP contribution in [0.25, 0.3) is 0 Å². The number of fused-ring (bicyclic) bond motifs is 1. The van der Waals surface area contributed by atoms with E-state index in [9.17, 15) is 0 Å². The van der Waals surface area contributed by atoms with E-state index in [1.54, 1.807) is 0 Å². The van der Waals surface area contributed by atoms with Crippen LogP contribution in [0.1, 0.15) is 50.5 Å². The number of nitrogens with one attached hydrogen (secondary N) is 1. The summed E-state index contributed by atoms with van der Waals surface area (Å²) in [5.41, 5.74) is 1.39. The minimum Gasteiger partial charge on any atom is -0.493 e. The molecule has 0 radical (unpaired) electrons. The number of ether oxygens (including phenoxy) is 1. The first-order valence-corrected chi connectivity index (χ1v) is 7.78. The van der Waals surface area contributed by atoms with Crippen molar-refractivity contribution in [3.05, 3.63) is 29.8 Å². The lowest BCUT2D eigenvalue weighted by Gasteiger charge is -2.31. The van der Waals surface area contributed by atoms with Crippen molar-refractivity contribution >= 4 is 0 Å². The van der Waals surface area contributed by atoms with Gasteiger partial charge in [0, 0.05) is 18.5 Å². The van der Waals surface area contributed by atoms with E-state index in [4.69, 9.17) is 4.74 Å². The van der Waals surface area contributed by atoms with Crippen LogP contribution in [0.2, 0.25) is 0 Å². The third kappa shape index (κ3) is 3.11. The van der Waals surface area contributed by atoms with Crippen LogP contribution >= 0.6 is 0 Å². The second kappa shape index (κ2) is 5.96. The summed E-state index contributed by atoms with van der Waals surface area (Å²) in [7, 11) is 0. The molecule has 1 saturated carbocycles. The van der Waals surface area contributed by atoms with Gasteiger partial charge >= 0.3 is 0 Å². The van der Waals surface area contributed by atoms with Gasteiger partial charge in [-0.3, -0.25) is 0 Å². The molecule has 0 amide bonds. The fourth-order valence-electron chi connectivity index (χ4n) is 3.56. The van der Waals surface area contributed by atoms with Gasteiger partial charge in [-0.25, -0.2) is 0 Å². The predicted octanol–water partition coefficient (Wildman–Crippen LogP) is 3.72. The Hall–Kier alpha value is -1.02. The zero-order valence-corrected chi connectivity index (χ0v) is 11.9. The molecule has 1 aromatic carbocycles. The van der Waals surface area contributed by atoms with Crippen LogP contribution in [-0.4, -0.2) is 19.2 Å². The molecule has 3 unspecified atom stereocenters. The van der Waals surface area contributed by atoms with E-state index >= 15 is 0 Å². The molecule has 3 rings (SSSR count). The van der Waals surface area contributed by atoms with Gasteiger partial charge in [0.15, 0.2) is 0 Å². The van der Waals surface area contributed by atoms with Crippen molar-refractivity contribution in [2.45, 2.75) is 51.0 Å². The van der Waals surface area contributed by atoms with E-state index in [2.05, 4.69) is 36.5 Å². The van der Waals surface area contributed by atoms with Crippen molar-refractivity contribution < 1.29 is 4.74 Å². The SMILES string of the molecule is CC1CCCC(NCC2CCOc3ccccc32)C1. The van der Waals surface area contributed by atoms with Crippen molar-refractivity contribution in [3.8, 4) is 5.75 Å². The summed E-state index contributed by atoms with van der Waals surface area (Å²) in [5.74, 6) is 2.62. The third-order valence-electron chi connectivity index (χ3n) is 4.67. The van der Waals surface area contributed by atoms with Crippen LogP contribution in [0, 0.1) is 5.92 Å². The monoisotopic (exact) mass is 259 g/mol. The fraction of sp³-hybridized carbons (Fsp3) is 0.647. The predicted molar refractivity (Wildman–Crippen MR) is 78.7 cm³/mol. The second-order valence-corrected chi connectivity index (χ2v) is 6.25. The van der Waals surface area contributed by atoms with E-state index in [0.717, 1.165) is 37.3 Å². The Labute approximate surface area is 116 Å². The molecule has 2 aliphatic rings. The number of benzene rings is 1. The van der Waals surface area contributed by atoms with Crippen LogP contribution in [0.15, 0.2) is 24.3 Å². The van der Waals surface area contributed by atoms with Gasteiger partial charge in [0.05, 0.1) is 6.61 Å². The van der Waals surface area contributed by atoms with Crippen LogP contribution < -0.4 is 10.1 Å². The number of para-hydroxylation sites is 1. The zero-order chi connectivity index (χ0) is 13.1. The van der Waals surface area contributed by atoms with E-state index in [1.165, 1.54) is 31.2 Å². The average molecular weight is 259 g/mol. The van der Waals surface area contributed by atoms with E-state index < -0.39 is 0 Å². The molecule has 2 nitrogen and oxygen atoms in total. The molecular weight excluding hydrogens is 234 g/mol. The van der Waals surface area contributed by atoms with Gasteiger partial charge in [-0.2, -0.15) is 0 Å². The minimum atomic E-state index is 0.627. The summed E-state index contributed by atoms with van der Waals surface area (Å²) in [6.45, 7) is 4.36. The van der Waals surface area contributed by atoms with Crippen molar-refractivity contribution in [1.82, 2.24) is 5.32 Å². The molecule has 1 heterocycles. The first-order valence-electron chi connectivity index (χ1n) is 7.78. The highest BCUT2D eigenvalue weighted by molar-refractivity contribution is 5.37. The molecule has 1 aliphatic heterocycles. The quantitative estimate of drug-likeness (QED) is 0.893. The van der Waals surface area contributed by atoms with Gasteiger partial charge in [0.25, 0.3) is 0 Å². The molecule has 2 heteroatoms. The molecule has 0 aromatic heterocycles. The topological polar surface area (TPSA) is 21.3 Å². The molecule has 19 heavy (non-hydrogen) atoms. The molecule has 0 bridgehead atoms. The highest BCUT2D eigenvalue weighted by atomic mass is 16.5. The van der Waals surface area contributed by atoms with Gasteiger partial charge in [-0.1, -0.05) is 38.0 Å². The molecule has 104 valence electrons. The van der Waals surface area contributed by atoms with Crippen LogP contribution in [0.4, 0.5) is 0 Å². The number of hydrogen-bond donors (Lipinski definition) is 1. The van der Waals surface area contributed by atoms with Crippen molar-refractivity contribution in [2.75, 3.05) is 13.2 Å². The summed E-state index contributed by atoms with van der Waals surface area (Å²) in [6, 6.07) is 9.26. The van der Waals surface area contributed by atoms with Crippen molar-refractivity contribution in [2.24, 2.45) is 5.92 Å². The largest absolute Gasteiger partial charge is 0.493 e. The van der Waals surface area contributed by atoms with Crippen LogP contribution in [-0.2, 0) is 0 Å². The van der Waals surface area contributed by atoms with Gasteiger partial charge in [0.1, 0.15) is 5.75 Å². The lowest BCUT2D eigenvalue weighted by molar-refractivity contribution is 0.251. The van der Waals surface area contributed by atoms with Crippen LogP contribution in [0.5, 0.6) is 5.75 Å². The van der Waals surface area contributed by atoms with Gasteiger partial charge in [0.2, 0.25) is 0 Å². The van der Waals surface area contributed by atoms with Gasteiger partial charge in [-0.05, 0) is 36.8 Å². The van der Waals surface area contributed by atoms with E-state index in [0.29, 0.717) is 5.92 Å². The lowest BCUT2D eigenvalue weighted by atomic mass is 9.86. The van der Waals surface area contributed by atoms with Crippen LogP contribution in [0.3, 0.4) is 0 Å². The maximum atomic E-state index is 5.73. The maximum Gasteiger partial charge on any atom is 0.122 e. The molecule has 1 aliphatic carbocycles. The minimum absolute atomic E-state index is 0.627. The Balaban J connectivity index is 1.59. The molecule has 3 atom stereocenters. The van der Waals surface area contributed by atoms with Gasteiger partial charge < -0.3 is 10.1 Å². The highest BCUT2D eigenvalue weighted by Crippen LogP contribution is 2.33. The fourth-order valence-corrected chi connectivity index (χ4v) is 3.56. The third-order valence-corrected chi connectivity index (χ3v) is 4.67.